The number of hydrogen-bond acceptors (Lipinski definition) is 5. The fraction of sp³-hybridized carbons (Fsp3) is 0.857. The van der Waals surface area contributed by atoms with E-state index in [-0.39, 0.29) is 12.0 Å². The lowest BCUT2D eigenvalue weighted by atomic mass is 9.98. The van der Waals surface area contributed by atoms with E-state index in [9.17, 15) is 0 Å². The van der Waals surface area contributed by atoms with Crippen molar-refractivity contribution in [3.8, 4) is 0 Å². The Bertz CT molecular complexity index is 348. The van der Waals surface area contributed by atoms with Crippen LogP contribution in [-0.4, -0.2) is 29.8 Å². The van der Waals surface area contributed by atoms with Crippen LogP contribution in [0.1, 0.15) is 70.7 Å². The molecule has 0 saturated carbocycles. The van der Waals surface area contributed by atoms with Gasteiger partial charge in [0.2, 0.25) is 11.7 Å². The average molecular weight is 269 g/mol. The minimum Gasteiger partial charge on any atom is -0.370 e. The van der Waals surface area contributed by atoms with Crippen molar-refractivity contribution in [2.24, 2.45) is 0 Å². The summed E-state index contributed by atoms with van der Waals surface area (Å²) in [5.74, 6) is 1.63. The first-order chi connectivity index (χ1) is 9.17. The third-order valence-electron chi connectivity index (χ3n) is 3.48. The maximum Gasteiger partial charge on any atom is 0.231 e. The molecule has 110 valence electrons. The number of aromatic nitrogens is 2. The van der Waals surface area contributed by atoms with Crippen molar-refractivity contribution in [1.29, 1.82) is 0 Å². The Labute approximate surface area is 116 Å². The summed E-state index contributed by atoms with van der Waals surface area (Å²) in [4.78, 5) is 4.55. The van der Waals surface area contributed by atoms with Crippen LogP contribution in [0.5, 0.6) is 0 Å². The minimum atomic E-state index is -0.0464. The van der Waals surface area contributed by atoms with Gasteiger partial charge in [-0.3, -0.25) is 0 Å². The highest BCUT2D eigenvalue weighted by atomic mass is 16.5. The van der Waals surface area contributed by atoms with E-state index in [1.54, 1.807) is 0 Å². The summed E-state index contributed by atoms with van der Waals surface area (Å²) in [7, 11) is 1.95. The first-order valence-electron chi connectivity index (χ1n) is 7.30. The molecular weight excluding hydrogens is 242 g/mol. The lowest BCUT2D eigenvalue weighted by Crippen LogP contribution is -2.28. The zero-order valence-electron chi connectivity index (χ0n) is 12.8. The molecule has 5 nitrogen and oxygen atoms in total. The second kappa shape index (κ2) is 8.27. The summed E-state index contributed by atoms with van der Waals surface area (Å²) in [6, 6.07) is 0.315. The lowest BCUT2D eigenvalue weighted by molar-refractivity contribution is 0.0477. The molecule has 1 aromatic heterocycles. The molecule has 1 N–H and O–H groups in total. The van der Waals surface area contributed by atoms with Crippen molar-refractivity contribution >= 4 is 0 Å². The van der Waals surface area contributed by atoms with E-state index in [4.69, 9.17) is 9.26 Å². The van der Waals surface area contributed by atoms with Gasteiger partial charge < -0.3 is 14.6 Å². The molecule has 0 aliphatic rings. The van der Waals surface area contributed by atoms with Crippen molar-refractivity contribution in [1.82, 2.24) is 15.5 Å². The van der Waals surface area contributed by atoms with Crippen molar-refractivity contribution in [2.45, 2.75) is 65.0 Å². The van der Waals surface area contributed by atoms with Gasteiger partial charge in [-0.15, -0.1) is 0 Å². The van der Waals surface area contributed by atoms with Crippen molar-refractivity contribution in [2.75, 3.05) is 13.7 Å². The highest BCUT2D eigenvalue weighted by Gasteiger charge is 2.25. The fourth-order valence-corrected chi connectivity index (χ4v) is 2.22. The summed E-state index contributed by atoms with van der Waals surface area (Å²) >= 11 is 0. The van der Waals surface area contributed by atoms with E-state index in [0.29, 0.717) is 24.4 Å². The molecule has 0 spiro atoms. The Morgan fingerprint density at radius 3 is 2.58 bits per heavy atom. The predicted octanol–water partition coefficient (Wildman–Crippen LogP) is 3.05. The molecule has 3 atom stereocenters. The van der Waals surface area contributed by atoms with Gasteiger partial charge in [0, 0.05) is 12.6 Å². The van der Waals surface area contributed by atoms with E-state index >= 15 is 0 Å². The van der Waals surface area contributed by atoms with Gasteiger partial charge in [-0.05, 0) is 33.7 Å². The van der Waals surface area contributed by atoms with Crippen LogP contribution in [0.2, 0.25) is 0 Å². The smallest absolute Gasteiger partial charge is 0.231 e. The van der Waals surface area contributed by atoms with E-state index in [1.807, 2.05) is 14.0 Å². The van der Waals surface area contributed by atoms with Gasteiger partial charge in [0.05, 0.1) is 5.92 Å². The van der Waals surface area contributed by atoms with Crippen LogP contribution in [0, 0.1) is 0 Å². The maximum absolute atomic E-state index is 5.68. The molecule has 1 rings (SSSR count). The zero-order valence-corrected chi connectivity index (χ0v) is 12.8. The largest absolute Gasteiger partial charge is 0.370 e. The molecule has 0 aliphatic heterocycles. The number of nitrogens with zero attached hydrogens (tertiary/aromatic N) is 2. The van der Waals surface area contributed by atoms with Gasteiger partial charge in [-0.2, -0.15) is 4.98 Å². The number of nitrogens with one attached hydrogen (secondary N) is 1. The van der Waals surface area contributed by atoms with Crippen molar-refractivity contribution in [3.05, 3.63) is 11.7 Å². The van der Waals surface area contributed by atoms with Gasteiger partial charge in [0.15, 0.2) is 0 Å². The third-order valence-corrected chi connectivity index (χ3v) is 3.48. The number of rotatable bonds is 9. The first-order valence-corrected chi connectivity index (χ1v) is 7.30. The zero-order chi connectivity index (χ0) is 14.3. The van der Waals surface area contributed by atoms with E-state index < -0.39 is 0 Å². The summed E-state index contributed by atoms with van der Waals surface area (Å²) in [5, 5.41) is 7.34. The van der Waals surface area contributed by atoms with Crippen molar-refractivity contribution in [3.63, 3.8) is 0 Å². The first kappa shape index (κ1) is 16.1. The Hall–Kier alpha value is -0.940. The molecule has 1 aromatic rings. The number of hydrogen-bond donors (Lipinski definition) is 1. The highest BCUT2D eigenvalue weighted by Crippen LogP contribution is 2.25. The number of likely N-dealkylation sites (N-methyl/N-ethyl adjacent to an activating group) is 1. The summed E-state index contributed by atoms with van der Waals surface area (Å²) in [6.07, 6.45) is 2.88. The molecule has 0 aromatic carbocycles. The molecule has 19 heavy (non-hydrogen) atoms. The topological polar surface area (TPSA) is 60.2 Å². The highest BCUT2D eigenvalue weighted by molar-refractivity contribution is 4.99. The SMILES string of the molecule is CCCC(OCC)c1noc(C(CC)C(C)NC)n1. The monoisotopic (exact) mass is 269 g/mol. The Kier molecular flexibility index (Phi) is 7.02. The van der Waals surface area contributed by atoms with E-state index in [0.717, 1.165) is 19.3 Å². The van der Waals surface area contributed by atoms with Crippen molar-refractivity contribution < 1.29 is 9.26 Å². The molecule has 0 saturated heterocycles. The Morgan fingerprint density at radius 2 is 2.05 bits per heavy atom. The normalized spacial score (nSPS) is 16.3. The quantitative estimate of drug-likeness (QED) is 0.746. The molecule has 3 unspecified atom stereocenters. The van der Waals surface area contributed by atoms with Gasteiger partial charge in [-0.1, -0.05) is 25.4 Å². The molecular formula is C14H27N3O2. The Balaban J connectivity index is 2.83. The second-order valence-corrected chi connectivity index (χ2v) is 4.82. The van der Waals surface area contributed by atoms with Gasteiger partial charge in [0.25, 0.3) is 0 Å². The molecule has 0 fully saturated rings. The molecule has 5 heteroatoms. The van der Waals surface area contributed by atoms with E-state index in [1.165, 1.54) is 0 Å². The average Bonchev–Trinajstić information content (AvgIpc) is 2.88. The minimum absolute atomic E-state index is 0.0464. The predicted molar refractivity (Wildman–Crippen MR) is 75.1 cm³/mol. The van der Waals surface area contributed by atoms with Gasteiger partial charge in [0.1, 0.15) is 6.10 Å². The molecule has 0 radical (unpaired) electrons. The van der Waals surface area contributed by atoms with Crippen LogP contribution in [-0.2, 0) is 4.74 Å². The molecule has 0 aliphatic carbocycles. The van der Waals surface area contributed by atoms with Crippen LogP contribution in [0.3, 0.4) is 0 Å². The molecule has 1 heterocycles. The standard InChI is InChI=1S/C14H27N3O2/c1-6-9-12(18-8-3)13-16-14(19-17-13)11(7-2)10(4)15-5/h10-12,15H,6-9H2,1-5H3. The summed E-state index contributed by atoms with van der Waals surface area (Å²) < 4.78 is 11.1. The Morgan fingerprint density at radius 1 is 1.32 bits per heavy atom. The second-order valence-electron chi connectivity index (χ2n) is 4.82. The van der Waals surface area contributed by atoms with Gasteiger partial charge in [-0.25, -0.2) is 0 Å². The van der Waals surface area contributed by atoms with Crippen LogP contribution >= 0.6 is 0 Å². The van der Waals surface area contributed by atoms with E-state index in [2.05, 4.69) is 36.2 Å². The fourth-order valence-electron chi connectivity index (χ4n) is 2.22. The summed E-state index contributed by atoms with van der Waals surface area (Å²) in [5.41, 5.74) is 0. The van der Waals surface area contributed by atoms with Crippen LogP contribution in [0.25, 0.3) is 0 Å². The van der Waals surface area contributed by atoms with Crippen LogP contribution in [0.15, 0.2) is 4.52 Å². The van der Waals surface area contributed by atoms with Crippen LogP contribution in [0.4, 0.5) is 0 Å². The summed E-state index contributed by atoms with van der Waals surface area (Å²) in [6.45, 7) is 9.05. The van der Waals surface area contributed by atoms with Crippen LogP contribution < -0.4 is 5.32 Å². The lowest BCUT2D eigenvalue weighted by Gasteiger charge is -2.18. The molecule has 0 bridgehead atoms. The third kappa shape index (κ3) is 4.28. The molecule has 0 amide bonds. The maximum atomic E-state index is 5.68. The number of ether oxygens (including phenoxy) is 1. The van der Waals surface area contributed by atoms with Gasteiger partial charge >= 0.3 is 0 Å².